The number of rotatable bonds is 2. The summed E-state index contributed by atoms with van der Waals surface area (Å²) in [6.45, 7) is 9.29. The number of carbonyl (C=O) groups excluding carboxylic acids is 1. The summed E-state index contributed by atoms with van der Waals surface area (Å²) < 4.78 is 0. The van der Waals surface area contributed by atoms with Crippen LogP contribution in [-0.4, -0.2) is 36.5 Å². The van der Waals surface area contributed by atoms with E-state index in [4.69, 9.17) is 0 Å². The summed E-state index contributed by atoms with van der Waals surface area (Å²) in [6.07, 6.45) is 2.23. The normalized spacial score (nSPS) is 40.3. The topological polar surface area (TPSA) is 32.3 Å². The first-order valence-electron chi connectivity index (χ1n) is 6.09. The van der Waals surface area contributed by atoms with Gasteiger partial charge in [0, 0.05) is 31.6 Å². The average molecular weight is 210 g/mol. The number of hydrogen-bond acceptors (Lipinski definition) is 2. The molecule has 0 aromatic carbocycles. The number of hydrogen-bond donors (Lipinski definition) is 1. The summed E-state index contributed by atoms with van der Waals surface area (Å²) in [7, 11) is 0. The highest BCUT2D eigenvalue weighted by molar-refractivity contribution is 5.82. The summed E-state index contributed by atoms with van der Waals surface area (Å²) in [5.74, 6) is 0.709. The second-order valence-electron chi connectivity index (χ2n) is 5.40. The molecule has 0 aromatic heterocycles. The quantitative estimate of drug-likeness (QED) is 0.744. The Balaban J connectivity index is 1.92. The smallest absolute Gasteiger partial charge is 0.226 e. The van der Waals surface area contributed by atoms with E-state index in [0.29, 0.717) is 23.3 Å². The lowest BCUT2D eigenvalue weighted by Gasteiger charge is -2.32. The van der Waals surface area contributed by atoms with Gasteiger partial charge in [-0.1, -0.05) is 13.8 Å². The maximum absolute atomic E-state index is 12.2. The Bertz CT molecular complexity index is 266. The van der Waals surface area contributed by atoms with Crippen molar-refractivity contribution >= 4 is 5.91 Å². The molecule has 2 unspecified atom stereocenters. The number of piperazine rings is 1. The largest absolute Gasteiger partial charge is 0.340 e. The Morgan fingerprint density at radius 3 is 2.87 bits per heavy atom. The summed E-state index contributed by atoms with van der Waals surface area (Å²) in [4.78, 5) is 14.2. The molecule has 2 fully saturated rings. The van der Waals surface area contributed by atoms with E-state index in [2.05, 4.69) is 26.1 Å². The Kier molecular flexibility index (Phi) is 2.75. The number of nitrogens with zero attached hydrogens (tertiary/aromatic N) is 1. The van der Waals surface area contributed by atoms with Crippen molar-refractivity contribution in [2.45, 2.75) is 39.7 Å². The third-order valence-corrected chi connectivity index (χ3v) is 4.14. The second kappa shape index (κ2) is 3.78. The number of nitrogens with one attached hydrogen (secondary N) is 1. The predicted molar refractivity (Wildman–Crippen MR) is 60.5 cm³/mol. The second-order valence-corrected chi connectivity index (χ2v) is 5.40. The minimum atomic E-state index is 0.311. The Morgan fingerprint density at radius 1 is 1.60 bits per heavy atom. The molecule has 1 N–H and O–H groups in total. The molecular weight excluding hydrogens is 188 g/mol. The van der Waals surface area contributed by atoms with Crippen LogP contribution in [0.5, 0.6) is 0 Å². The monoisotopic (exact) mass is 210 g/mol. The van der Waals surface area contributed by atoms with Gasteiger partial charge in [0.15, 0.2) is 0 Å². The molecule has 3 nitrogen and oxygen atoms in total. The summed E-state index contributed by atoms with van der Waals surface area (Å²) in [5, 5.41) is 3.37. The first-order chi connectivity index (χ1) is 7.07. The van der Waals surface area contributed by atoms with Crippen LogP contribution in [0.2, 0.25) is 0 Å². The van der Waals surface area contributed by atoms with Crippen molar-refractivity contribution in [2.24, 2.45) is 11.3 Å². The molecule has 2 aliphatic rings. The summed E-state index contributed by atoms with van der Waals surface area (Å²) in [5.41, 5.74) is 0.311. The fourth-order valence-corrected chi connectivity index (χ4v) is 2.54. The van der Waals surface area contributed by atoms with E-state index in [-0.39, 0.29) is 0 Å². The van der Waals surface area contributed by atoms with Crippen LogP contribution in [-0.2, 0) is 4.79 Å². The summed E-state index contributed by atoms with van der Waals surface area (Å²) in [6, 6.07) is 0.453. The van der Waals surface area contributed by atoms with Crippen LogP contribution in [0.3, 0.4) is 0 Å². The Morgan fingerprint density at radius 2 is 2.33 bits per heavy atom. The molecule has 0 aromatic rings. The Hall–Kier alpha value is -0.570. The van der Waals surface area contributed by atoms with Gasteiger partial charge in [-0.15, -0.1) is 0 Å². The van der Waals surface area contributed by atoms with Crippen LogP contribution < -0.4 is 5.32 Å². The fourth-order valence-electron chi connectivity index (χ4n) is 2.54. The molecule has 3 heteroatoms. The van der Waals surface area contributed by atoms with Gasteiger partial charge in [-0.3, -0.25) is 4.79 Å². The third kappa shape index (κ3) is 2.03. The van der Waals surface area contributed by atoms with Crippen molar-refractivity contribution in [2.75, 3.05) is 19.6 Å². The van der Waals surface area contributed by atoms with Crippen molar-refractivity contribution in [1.29, 1.82) is 0 Å². The van der Waals surface area contributed by atoms with Gasteiger partial charge in [0.2, 0.25) is 5.91 Å². The van der Waals surface area contributed by atoms with Gasteiger partial charge in [-0.05, 0) is 25.2 Å². The van der Waals surface area contributed by atoms with Gasteiger partial charge < -0.3 is 10.2 Å². The van der Waals surface area contributed by atoms with Gasteiger partial charge in [0.25, 0.3) is 0 Å². The Labute approximate surface area is 92.2 Å². The highest BCUT2D eigenvalue weighted by Crippen LogP contribution is 2.55. The number of carbonyl (C=O) groups is 1. The maximum atomic E-state index is 12.2. The van der Waals surface area contributed by atoms with Crippen LogP contribution in [0, 0.1) is 11.3 Å². The zero-order chi connectivity index (χ0) is 11.1. The van der Waals surface area contributed by atoms with Gasteiger partial charge in [0.1, 0.15) is 0 Å². The average Bonchev–Trinajstić information content (AvgIpc) is 2.91. The van der Waals surface area contributed by atoms with E-state index in [1.54, 1.807) is 0 Å². The fraction of sp³-hybridized carbons (Fsp3) is 0.917. The van der Waals surface area contributed by atoms with Gasteiger partial charge >= 0.3 is 0 Å². The van der Waals surface area contributed by atoms with Crippen molar-refractivity contribution < 1.29 is 4.79 Å². The lowest BCUT2D eigenvalue weighted by atomic mass is 10.0. The minimum Gasteiger partial charge on any atom is -0.340 e. The van der Waals surface area contributed by atoms with Crippen LogP contribution in [0.25, 0.3) is 0 Å². The molecule has 3 atom stereocenters. The van der Waals surface area contributed by atoms with E-state index in [9.17, 15) is 4.79 Å². The van der Waals surface area contributed by atoms with Gasteiger partial charge in [-0.2, -0.15) is 0 Å². The lowest BCUT2D eigenvalue weighted by Crippen LogP contribution is -2.52. The molecule has 2 rings (SSSR count). The molecular formula is C12H22N2O. The molecule has 0 spiro atoms. The summed E-state index contributed by atoms with van der Waals surface area (Å²) >= 11 is 0. The third-order valence-electron chi connectivity index (χ3n) is 4.14. The van der Waals surface area contributed by atoms with Crippen molar-refractivity contribution in [3.63, 3.8) is 0 Å². The van der Waals surface area contributed by atoms with E-state index < -0.39 is 0 Å². The molecule has 1 saturated carbocycles. The van der Waals surface area contributed by atoms with Crippen molar-refractivity contribution in [3.05, 3.63) is 0 Å². The zero-order valence-electron chi connectivity index (χ0n) is 10.0. The predicted octanol–water partition coefficient (Wildman–Crippen LogP) is 1.24. The van der Waals surface area contributed by atoms with E-state index in [1.807, 2.05) is 4.90 Å². The zero-order valence-corrected chi connectivity index (χ0v) is 10.0. The molecule has 1 amide bonds. The van der Waals surface area contributed by atoms with Gasteiger partial charge in [-0.25, -0.2) is 0 Å². The molecule has 1 aliphatic carbocycles. The first-order valence-corrected chi connectivity index (χ1v) is 6.09. The van der Waals surface area contributed by atoms with Crippen LogP contribution in [0.4, 0.5) is 0 Å². The van der Waals surface area contributed by atoms with E-state index in [1.165, 1.54) is 0 Å². The lowest BCUT2D eigenvalue weighted by molar-refractivity contribution is -0.134. The minimum absolute atomic E-state index is 0.311. The number of amides is 1. The molecule has 1 heterocycles. The standard InChI is InChI=1S/C12H22N2O/c1-4-12(3)7-10(12)11(15)14-6-5-13-9(2)8-14/h9-10,13H,4-8H2,1-3H3/t9-,10?,12?/m1/s1. The highest BCUT2D eigenvalue weighted by atomic mass is 16.2. The van der Waals surface area contributed by atoms with E-state index in [0.717, 1.165) is 32.5 Å². The molecule has 0 bridgehead atoms. The van der Waals surface area contributed by atoms with Crippen LogP contribution >= 0.6 is 0 Å². The molecule has 0 radical (unpaired) electrons. The SMILES string of the molecule is CCC1(C)CC1C(=O)N1CCN[C@H](C)C1. The molecule has 86 valence electrons. The van der Waals surface area contributed by atoms with Gasteiger partial charge in [0.05, 0.1) is 0 Å². The highest BCUT2D eigenvalue weighted by Gasteiger charge is 2.54. The molecule has 1 aliphatic heterocycles. The molecule has 1 saturated heterocycles. The van der Waals surface area contributed by atoms with E-state index >= 15 is 0 Å². The van der Waals surface area contributed by atoms with Crippen LogP contribution in [0.15, 0.2) is 0 Å². The van der Waals surface area contributed by atoms with Crippen LogP contribution in [0.1, 0.15) is 33.6 Å². The van der Waals surface area contributed by atoms with Crippen molar-refractivity contribution in [1.82, 2.24) is 10.2 Å². The maximum Gasteiger partial charge on any atom is 0.226 e. The first kappa shape index (κ1) is 10.9. The van der Waals surface area contributed by atoms with Crippen molar-refractivity contribution in [3.8, 4) is 0 Å². The molecule has 15 heavy (non-hydrogen) atoms.